The summed E-state index contributed by atoms with van der Waals surface area (Å²) in [6.07, 6.45) is 5.65. The van der Waals surface area contributed by atoms with Gasteiger partial charge in [0.15, 0.2) is 11.5 Å². The summed E-state index contributed by atoms with van der Waals surface area (Å²) in [4.78, 5) is 2.29. The molecule has 4 atom stereocenters. The Kier molecular flexibility index (Phi) is 6.85. The van der Waals surface area contributed by atoms with Crippen LogP contribution in [0.15, 0.2) is 24.8 Å². The van der Waals surface area contributed by atoms with Gasteiger partial charge in [-0.15, -0.1) is 6.58 Å². The van der Waals surface area contributed by atoms with E-state index >= 15 is 0 Å². The molecule has 1 aromatic rings. The van der Waals surface area contributed by atoms with Crippen molar-refractivity contribution in [3.8, 4) is 11.5 Å². The van der Waals surface area contributed by atoms with Gasteiger partial charge in [-0.25, -0.2) is 0 Å². The fourth-order valence-corrected chi connectivity index (χ4v) is 5.63. The molecule has 1 aliphatic heterocycles. The Bertz CT molecular complexity index is 760. The number of aromatic hydroxyl groups is 2. The van der Waals surface area contributed by atoms with Gasteiger partial charge in [-0.2, -0.15) is 0 Å². The van der Waals surface area contributed by atoms with Crippen molar-refractivity contribution in [2.75, 3.05) is 19.7 Å². The van der Waals surface area contributed by atoms with Crippen LogP contribution in [0.5, 0.6) is 11.5 Å². The lowest BCUT2D eigenvalue weighted by Crippen LogP contribution is -2.70. The van der Waals surface area contributed by atoms with E-state index in [9.17, 15) is 15.3 Å². The first-order valence-electron chi connectivity index (χ1n) is 11.4. The van der Waals surface area contributed by atoms with Crippen LogP contribution in [0.4, 0.5) is 0 Å². The first-order chi connectivity index (χ1) is 14.2. The number of hydrogen-bond donors (Lipinski definition) is 3. The molecule has 1 aromatic carbocycles. The monoisotopic (exact) mass is 417 g/mol. The molecule has 5 heteroatoms. The van der Waals surface area contributed by atoms with Crippen molar-refractivity contribution in [3.05, 3.63) is 35.9 Å². The largest absolute Gasteiger partial charge is 0.504 e. The lowest BCUT2D eigenvalue weighted by atomic mass is 9.53. The smallest absolute Gasteiger partial charge is 0.161 e. The molecule has 1 aliphatic carbocycles. The van der Waals surface area contributed by atoms with Gasteiger partial charge in [-0.1, -0.05) is 32.9 Å². The maximum absolute atomic E-state index is 12.0. The molecular weight excluding hydrogens is 378 g/mol. The minimum atomic E-state index is -1.07. The van der Waals surface area contributed by atoms with Gasteiger partial charge >= 0.3 is 0 Å². The zero-order chi connectivity index (χ0) is 22.1. The minimum Gasteiger partial charge on any atom is -0.504 e. The van der Waals surface area contributed by atoms with Crippen molar-refractivity contribution in [2.45, 2.75) is 83.0 Å². The zero-order valence-corrected chi connectivity index (χ0v) is 19.0. The third kappa shape index (κ3) is 3.88. The molecule has 2 aliphatic rings. The number of hydrogen-bond acceptors (Lipinski definition) is 5. The molecule has 0 saturated carbocycles. The molecule has 0 amide bonds. The number of phenols is 2. The fraction of sp³-hybridized carbons (Fsp3) is 0.680. The van der Waals surface area contributed by atoms with Crippen LogP contribution in [0.1, 0.15) is 64.5 Å². The number of likely N-dealkylation sites (tertiary alicyclic amines) is 1. The number of aliphatic hydroxyl groups is 1. The van der Waals surface area contributed by atoms with Crippen molar-refractivity contribution >= 4 is 0 Å². The lowest BCUT2D eigenvalue weighted by Gasteiger charge is -2.61. The van der Waals surface area contributed by atoms with Gasteiger partial charge in [0, 0.05) is 30.2 Å². The Hall–Kier alpha value is -1.56. The van der Waals surface area contributed by atoms with E-state index < -0.39 is 11.0 Å². The van der Waals surface area contributed by atoms with Crippen LogP contribution in [-0.4, -0.2) is 57.7 Å². The Balaban J connectivity index is 2.04. The molecule has 168 valence electrons. The topological polar surface area (TPSA) is 73.2 Å². The molecule has 0 aromatic heterocycles. The second-order valence-corrected chi connectivity index (χ2v) is 9.74. The predicted molar refractivity (Wildman–Crippen MR) is 120 cm³/mol. The molecule has 0 radical (unpaired) electrons. The average Bonchev–Trinajstić information content (AvgIpc) is 2.67. The highest BCUT2D eigenvalue weighted by molar-refractivity contribution is 5.57. The van der Waals surface area contributed by atoms with E-state index in [0.717, 1.165) is 31.5 Å². The number of piperidine rings is 1. The summed E-state index contributed by atoms with van der Waals surface area (Å²) in [5.74, 6) is 0.372. The molecule has 3 N–H and O–H groups in total. The predicted octanol–water partition coefficient (Wildman–Crippen LogP) is 4.13. The third-order valence-electron chi connectivity index (χ3n) is 7.46. The van der Waals surface area contributed by atoms with Crippen molar-refractivity contribution in [1.29, 1.82) is 0 Å². The van der Waals surface area contributed by atoms with Crippen molar-refractivity contribution in [3.63, 3.8) is 0 Å². The lowest BCUT2D eigenvalue weighted by molar-refractivity contribution is -0.147. The molecule has 3 rings (SSSR count). The summed E-state index contributed by atoms with van der Waals surface area (Å²) in [5, 5.41) is 33.2. The Morgan fingerprint density at radius 3 is 2.70 bits per heavy atom. The molecule has 4 unspecified atom stereocenters. The molecule has 30 heavy (non-hydrogen) atoms. The van der Waals surface area contributed by atoms with E-state index in [0.29, 0.717) is 37.4 Å². The van der Waals surface area contributed by atoms with Gasteiger partial charge in [0.1, 0.15) is 0 Å². The Morgan fingerprint density at radius 2 is 2.07 bits per heavy atom. The van der Waals surface area contributed by atoms with Crippen molar-refractivity contribution < 1.29 is 20.1 Å². The normalized spacial score (nSPS) is 29.6. The number of ether oxygens (including phenoxy) is 1. The third-order valence-corrected chi connectivity index (χ3v) is 7.46. The van der Waals surface area contributed by atoms with Gasteiger partial charge in [-0.05, 0) is 63.1 Å². The van der Waals surface area contributed by atoms with E-state index in [2.05, 4.69) is 32.3 Å². The van der Waals surface area contributed by atoms with Crippen LogP contribution in [0.3, 0.4) is 0 Å². The zero-order valence-electron chi connectivity index (χ0n) is 19.0. The quantitative estimate of drug-likeness (QED) is 0.416. The molecule has 1 heterocycles. The van der Waals surface area contributed by atoms with E-state index in [1.54, 1.807) is 6.07 Å². The van der Waals surface area contributed by atoms with Gasteiger partial charge in [0.2, 0.25) is 0 Å². The number of rotatable bonds is 9. The van der Waals surface area contributed by atoms with Crippen LogP contribution >= 0.6 is 0 Å². The first kappa shape index (κ1) is 23.1. The summed E-state index contributed by atoms with van der Waals surface area (Å²) in [5.41, 5.74) is -0.0217. The highest BCUT2D eigenvalue weighted by Crippen LogP contribution is 2.57. The summed E-state index contributed by atoms with van der Waals surface area (Å²) >= 11 is 0. The summed E-state index contributed by atoms with van der Waals surface area (Å²) in [7, 11) is 0. The maximum atomic E-state index is 12.0. The summed E-state index contributed by atoms with van der Waals surface area (Å²) in [6, 6.07) is 3.39. The minimum absolute atomic E-state index is 0.0190. The van der Waals surface area contributed by atoms with E-state index in [4.69, 9.17) is 4.74 Å². The van der Waals surface area contributed by atoms with E-state index in [1.165, 1.54) is 0 Å². The number of fused-ring (bicyclic) bond motifs is 4. The van der Waals surface area contributed by atoms with Crippen LogP contribution in [0.25, 0.3) is 0 Å². The molecule has 1 fully saturated rings. The van der Waals surface area contributed by atoms with E-state index in [-0.39, 0.29) is 23.6 Å². The number of nitrogens with zero attached hydrogens (tertiary/aromatic N) is 1. The molecule has 5 nitrogen and oxygen atoms in total. The SMILES string of the molecule is C=CCN1CCC2(CC(CC)OCCC(C)C)c3c(ccc(O)c3O)CC1C2(C)O. The van der Waals surface area contributed by atoms with Crippen LogP contribution in [0.2, 0.25) is 0 Å². The maximum Gasteiger partial charge on any atom is 0.161 e. The van der Waals surface area contributed by atoms with Gasteiger partial charge in [-0.3, -0.25) is 4.90 Å². The highest BCUT2D eigenvalue weighted by Gasteiger charge is 2.61. The summed E-state index contributed by atoms with van der Waals surface area (Å²) < 4.78 is 6.26. The first-order valence-corrected chi connectivity index (χ1v) is 11.4. The standard InChI is InChI=1S/C25H39NO4/c1-6-12-26-13-11-25(16-19(7-2)30-14-10-17(3)4)22-18(8-9-20(27)23(22)28)15-21(26)24(25,5)29/h6,8-9,17,19,21,27-29H,1,7,10-16H2,2-5H3. The van der Waals surface area contributed by atoms with E-state index in [1.807, 2.05) is 19.1 Å². The van der Waals surface area contributed by atoms with Gasteiger partial charge in [0.25, 0.3) is 0 Å². The number of phenolic OH excluding ortho intramolecular Hbond substituents is 2. The molecule has 1 saturated heterocycles. The Morgan fingerprint density at radius 1 is 1.33 bits per heavy atom. The molecule has 0 spiro atoms. The van der Waals surface area contributed by atoms with Crippen LogP contribution in [0, 0.1) is 5.92 Å². The fourth-order valence-electron chi connectivity index (χ4n) is 5.63. The second kappa shape index (κ2) is 8.89. The number of benzene rings is 1. The van der Waals surface area contributed by atoms with Gasteiger partial charge < -0.3 is 20.1 Å². The van der Waals surface area contributed by atoms with Gasteiger partial charge in [0.05, 0.1) is 11.7 Å². The molecular formula is C25H39NO4. The Labute approximate surface area is 181 Å². The van der Waals surface area contributed by atoms with Crippen LogP contribution < -0.4 is 0 Å². The van der Waals surface area contributed by atoms with Crippen molar-refractivity contribution in [1.82, 2.24) is 4.90 Å². The second-order valence-electron chi connectivity index (χ2n) is 9.74. The van der Waals surface area contributed by atoms with Crippen LogP contribution in [-0.2, 0) is 16.6 Å². The molecule has 2 bridgehead atoms. The highest BCUT2D eigenvalue weighted by atomic mass is 16.5. The summed E-state index contributed by atoms with van der Waals surface area (Å²) in [6.45, 7) is 14.5. The van der Waals surface area contributed by atoms with Crippen molar-refractivity contribution in [2.24, 2.45) is 5.92 Å². The average molecular weight is 418 g/mol.